The van der Waals surface area contributed by atoms with Crippen molar-refractivity contribution < 1.29 is 4.74 Å². The Morgan fingerprint density at radius 3 is 2.50 bits per heavy atom. The van der Waals surface area contributed by atoms with Crippen LogP contribution in [0, 0.1) is 0 Å². The molecule has 16 heavy (non-hydrogen) atoms. The lowest BCUT2D eigenvalue weighted by atomic mass is 10.1. The minimum absolute atomic E-state index is 0.273. The van der Waals surface area contributed by atoms with Crippen LogP contribution in [0.5, 0.6) is 5.75 Å². The lowest BCUT2D eigenvalue weighted by Crippen LogP contribution is -1.93. The average Bonchev–Trinajstić information content (AvgIpc) is 2.83. The van der Waals surface area contributed by atoms with Gasteiger partial charge in [-0.3, -0.25) is 0 Å². The highest BCUT2D eigenvalue weighted by Crippen LogP contribution is 2.32. The van der Waals surface area contributed by atoms with Crippen molar-refractivity contribution in [3.8, 4) is 5.75 Å². The van der Waals surface area contributed by atoms with E-state index in [2.05, 4.69) is 44.9 Å². The van der Waals surface area contributed by atoms with E-state index in [0.29, 0.717) is 6.61 Å². The van der Waals surface area contributed by atoms with E-state index in [4.69, 9.17) is 4.74 Å². The van der Waals surface area contributed by atoms with Crippen LogP contribution in [-0.2, 0) is 0 Å². The fourth-order valence-corrected chi connectivity index (χ4v) is 2.96. The summed E-state index contributed by atoms with van der Waals surface area (Å²) < 4.78 is 5.42. The van der Waals surface area contributed by atoms with Gasteiger partial charge in [-0.05, 0) is 47.0 Å². The molecule has 3 heteroatoms. The van der Waals surface area contributed by atoms with Crippen LogP contribution in [0.1, 0.15) is 22.9 Å². The first-order valence-electron chi connectivity index (χ1n) is 5.20. The first-order valence-corrected chi connectivity index (χ1v) is 7.06. The fraction of sp³-hybridized carbons (Fsp3) is 0.231. The highest BCUT2D eigenvalue weighted by atomic mass is 79.9. The van der Waals surface area contributed by atoms with E-state index in [1.807, 2.05) is 19.1 Å². The van der Waals surface area contributed by atoms with Crippen molar-refractivity contribution >= 4 is 27.3 Å². The smallest absolute Gasteiger partial charge is 0.119 e. The Kier molecular flexibility index (Phi) is 4.02. The average molecular weight is 297 g/mol. The van der Waals surface area contributed by atoms with Crippen molar-refractivity contribution in [1.82, 2.24) is 0 Å². The number of thiophene rings is 1. The first kappa shape index (κ1) is 11.7. The number of ether oxygens (including phenoxy) is 1. The second-order valence-corrected chi connectivity index (χ2v) is 5.12. The molecule has 0 amide bonds. The molecule has 1 heterocycles. The molecule has 1 nitrogen and oxygen atoms in total. The molecule has 0 bridgehead atoms. The van der Waals surface area contributed by atoms with Crippen molar-refractivity contribution in [2.24, 2.45) is 0 Å². The van der Waals surface area contributed by atoms with Gasteiger partial charge >= 0.3 is 0 Å². The normalized spacial score (nSPS) is 12.4. The molecule has 0 N–H and O–H groups in total. The first-order chi connectivity index (χ1) is 7.81. The summed E-state index contributed by atoms with van der Waals surface area (Å²) in [7, 11) is 0. The van der Waals surface area contributed by atoms with Gasteiger partial charge < -0.3 is 4.74 Å². The highest BCUT2D eigenvalue weighted by molar-refractivity contribution is 9.09. The molecule has 0 aliphatic rings. The predicted molar refractivity (Wildman–Crippen MR) is 72.7 cm³/mol. The van der Waals surface area contributed by atoms with Gasteiger partial charge in [-0.25, -0.2) is 0 Å². The Balaban J connectivity index is 2.15. The molecule has 0 aliphatic carbocycles. The molecule has 1 unspecified atom stereocenters. The van der Waals surface area contributed by atoms with Crippen molar-refractivity contribution in [2.75, 3.05) is 6.61 Å². The molecule has 0 fully saturated rings. The summed E-state index contributed by atoms with van der Waals surface area (Å²) in [5.74, 6) is 0.927. The fourth-order valence-electron chi connectivity index (χ4n) is 1.51. The van der Waals surface area contributed by atoms with Crippen LogP contribution in [-0.4, -0.2) is 6.61 Å². The lowest BCUT2D eigenvalue weighted by Gasteiger charge is -2.09. The Labute approximate surface area is 108 Å². The summed E-state index contributed by atoms with van der Waals surface area (Å²) >= 11 is 5.42. The van der Waals surface area contributed by atoms with E-state index < -0.39 is 0 Å². The van der Waals surface area contributed by atoms with Crippen LogP contribution < -0.4 is 4.74 Å². The van der Waals surface area contributed by atoms with Crippen LogP contribution in [0.25, 0.3) is 0 Å². The zero-order chi connectivity index (χ0) is 11.4. The number of alkyl halides is 1. The third kappa shape index (κ3) is 2.66. The summed E-state index contributed by atoms with van der Waals surface area (Å²) in [5, 5.41) is 4.26. The zero-order valence-electron chi connectivity index (χ0n) is 9.02. The van der Waals surface area contributed by atoms with Gasteiger partial charge in [-0.15, -0.1) is 0 Å². The summed E-state index contributed by atoms with van der Waals surface area (Å²) in [6.07, 6.45) is 0. The van der Waals surface area contributed by atoms with Gasteiger partial charge in [0.1, 0.15) is 5.75 Å². The molecular weight excluding hydrogens is 284 g/mol. The van der Waals surface area contributed by atoms with Crippen LogP contribution in [0.15, 0.2) is 41.1 Å². The largest absolute Gasteiger partial charge is 0.494 e. The molecule has 0 saturated heterocycles. The molecule has 0 radical (unpaired) electrons. The number of halogens is 1. The van der Waals surface area contributed by atoms with Crippen molar-refractivity contribution in [3.05, 3.63) is 52.2 Å². The molecule has 1 aromatic heterocycles. The predicted octanol–water partition coefficient (Wildman–Crippen LogP) is 4.63. The number of benzene rings is 1. The molecule has 0 aliphatic heterocycles. The molecule has 2 rings (SSSR count). The number of hydrogen-bond acceptors (Lipinski definition) is 2. The highest BCUT2D eigenvalue weighted by Gasteiger charge is 2.10. The van der Waals surface area contributed by atoms with Gasteiger partial charge in [-0.1, -0.05) is 28.1 Å². The molecule has 84 valence electrons. The van der Waals surface area contributed by atoms with Crippen molar-refractivity contribution in [1.29, 1.82) is 0 Å². The molecule has 1 aromatic carbocycles. The van der Waals surface area contributed by atoms with Gasteiger partial charge in [0.2, 0.25) is 0 Å². The van der Waals surface area contributed by atoms with Gasteiger partial charge in [0.05, 0.1) is 11.4 Å². The van der Waals surface area contributed by atoms with E-state index in [-0.39, 0.29) is 4.83 Å². The van der Waals surface area contributed by atoms with Crippen LogP contribution >= 0.6 is 27.3 Å². The second-order valence-electron chi connectivity index (χ2n) is 3.42. The number of hydrogen-bond donors (Lipinski definition) is 0. The van der Waals surface area contributed by atoms with E-state index >= 15 is 0 Å². The summed E-state index contributed by atoms with van der Waals surface area (Å²) in [5.41, 5.74) is 2.55. The second kappa shape index (κ2) is 5.51. The lowest BCUT2D eigenvalue weighted by molar-refractivity contribution is 0.340. The minimum Gasteiger partial charge on any atom is -0.494 e. The Hall–Kier alpha value is -0.800. The minimum atomic E-state index is 0.273. The Morgan fingerprint density at radius 2 is 1.94 bits per heavy atom. The maximum Gasteiger partial charge on any atom is 0.119 e. The van der Waals surface area contributed by atoms with E-state index in [9.17, 15) is 0 Å². The summed E-state index contributed by atoms with van der Waals surface area (Å²) in [6, 6.07) is 10.4. The van der Waals surface area contributed by atoms with Crippen LogP contribution in [0.4, 0.5) is 0 Å². The van der Waals surface area contributed by atoms with Gasteiger partial charge in [0, 0.05) is 0 Å². The number of rotatable bonds is 4. The van der Waals surface area contributed by atoms with Crippen molar-refractivity contribution in [2.45, 2.75) is 11.8 Å². The maximum absolute atomic E-state index is 5.42. The van der Waals surface area contributed by atoms with Crippen molar-refractivity contribution in [3.63, 3.8) is 0 Å². The van der Waals surface area contributed by atoms with E-state index in [1.54, 1.807) is 11.3 Å². The van der Waals surface area contributed by atoms with Gasteiger partial charge in [0.15, 0.2) is 0 Å². The Bertz CT molecular complexity index is 422. The SMILES string of the molecule is CCOc1ccc(C(Br)c2ccsc2)cc1. The maximum atomic E-state index is 5.42. The molecule has 0 spiro atoms. The van der Waals surface area contributed by atoms with E-state index in [1.165, 1.54) is 11.1 Å². The van der Waals surface area contributed by atoms with Gasteiger partial charge in [0.25, 0.3) is 0 Å². The molecule has 2 aromatic rings. The quantitative estimate of drug-likeness (QED) is 0.748. The zero-order valence-corrected chi connectivity index (χ0v) is 11.4. The van der Waals surface area contributed by atoms with Crippen LogP contribution in [0.2, 0.25) is 0 Å². The van der Waals surface area contributed by atoms with E-state index in [0.717, 1.165) is 5.75 Å². The standard InChI is InChI=1S/C13H13BrOS/c1-2-15-12-5-3-10(4-6-12)13(14)11-7-8-16-9-11/h3-9,13H,2H2,1H3. The summed E-state index contributed by atoms with van der Waals surface area (Å²) in [6.45, 7) is 2.70. The molecule has 1 atom stereocenters. The Morgan fingerprint density at radius 1 is 1.19 bits per heavy atom. The van der Waals surface area contributed by atoms with Gasteiger partial charge in [-0.2, -0.15) is 11.3 Å². The van der Waals surface area contributed by atoms with Crippen LogP contribution in [0.3, 0.4) is 0 Å². The third-order valence-electron chi connectivity index (χ3n) is 2.32. The third-order valence-corrected chi connectivity index (χ3v) is 4.08. The monoisotopic (exact) mass is 296 g/mol. The molecular formula is C13H13BrOS. The topological polar surface area (TPSA) is 9.23 Å². The summed E-state index contributed by atoms with van der Waals surface area (Å²) in [4.78, 5) is 0.273. The molecule has 0 saturated carbocycles.